The van der Waals surface area contributed by atoms with E-state index in [1.54, 1.807) is 42.0 Å². The highest BCUT2D eigenvalue weighted by atomic mass is 32.2. The highest BCUT2D eigenvalue weighted by molar-refractivity contribution is 7.99. The van der Waals surface area contributed by atoms with E-state index in [4.69, 9.17) is 0 Å². The zero-order chi connectivity index (χ0) is 20.1. The molecular weight excluding hydrogens is 378 g/mol. The van der Waals surface area contributed by atoms with E-state index in [0.29, 0.717) is 15.7 Å². The van der Waals surface area contributed by atoms with E-state index < -0.39 is 4.92 Å². The molecule has 0 spiro atoms. The van der Waals surface area contributed by atoms with Gasteiger partial charge < -0.3 is 9.47 Å². The summed E-state index contributed by atoms with van der Waals surface area (Å²) in [5.74, 6) is -0.343. The Hall–Kier alpha value is -3.46. The third kappa shape index (κ3) is 4.09. The molecule has 3 aromatic rings. The molecule has 2 aromatic carbocycles. The lowest BCUT2D eigenvalue weighted by Gasteiger charge is -2.21. The minimum absolute atomic E-state index is 0.162. The first-order valence-corrected chi connectivity index (χ1v) is 9.11. The van der Waals surface area contributed by atoms with Gasteiger partial charge >= 0.3 is 0 Å². The molecule has 0 saturated heterocycles. The number of nitrogens with zero attached hydrogens (tertiary/aromatic N) is 5. The van der Waals surface area contributed by atoms with Gasteiger partial charge in [-0.25, -0.2) is 0 Å². The van der Waals surface area contributed by atoms with E-state index >= 15 is 0 Å². The minimum Gasteiger partial charge on any atom is -0.311 e. The van der Waals surface area contributed by atoms with E-state index in [2.05, 4.69) is 16.8 Å². The van der Waals surface area contributed by atoms with Crippen molar-refractivity contribution in [1.82, 2.24) is 14.8 Å². The molecule has 1 aromatic heterocycles. The molecule has 1 amide bonds. The first-order valence-electron chi connectivity index (χ1n) is 8.29. The van der Waals surface area contributed by atoms with Crippen LogP contribution in [0.2, 0.25) is 0 Å². The first-order chi connectivity index (χ1) is 13.5. The predicted molar refractivity (Wildman–Crippen MR) is 107 cm³/mol. The van der Waals surface area contributed by atoms with Gasteiger partial charge in [0, 0.05) is 30.9 Å². The lowest BCUT2D eigenvalue weighted by Crippen LogP contribution is -2.31. The van der Waals surface area contributed by atoms with Gasteiger partial charge in [0.15, 0.2) is 5.16 Å². The number of rotatable bonds is 7. The number of carbonyl (C=O) groups is 1. The van der Waals surface area contributed by atoms with Crippen molar-refractivity contribution in [3.05, 3.63) is 83.2 Å². The number of aromatic nitrogens is 3. The fourth-order valence-electron chi connectivity index (χ4n) is 2.54. The maximum Gasteiger partial charge on any atom is 0.284 e. The standard InChI is InChI=1S/C19H17N5O3S/c1-3-11-23(15-7-5-4-6-8-15)18(25)14-9-10-17(16(12-14)24(26)27)28-19-21-20-13-22(19)2/h3-10,12-13H,1,11H2,2H3. The van der Waals surface area contributed by atoms with Crippen LogP contribution in [0.1, 0.15) is 10.4 Å². The molecule has 0 saturated carbocycles. The maximum atomic E-state index is 13.0. The molecule has 0 aliphatic heterocycles. The molecule has 0 N–H and O–H groups in total. The lowest BCUT2D eigenvalue weighted by atomic mass is 10.1. The number of aryl methyl sites for hydroxylation is 1. The summed E-state index contributed by atoms with van der Waals surface area (Å²) in [5.41, 5.74) is 0.748. The SMILES string of the molecule is C=CCN(C(=O)c1ccc(Sc2nncn2C)c([N+](=O)[O-])c1)c1ccccc1. The van der Waals surface area contributed by atoms with E-state index in [9.17, 15) is 14.9 Å². The number of hydrogen-bond donors (Lipinski definition) is 0. The molecule has 28 heavy (non-hydrogen) atoms. The van der Waals surface area contributed by atoms with Crippen molar-refractivity contribution < 1.29 is 9.72 Å². The van der Waals surface area contributed by atoms with Crippen LogP contribution in [0.5, 0.6) is 0 Å². The number of carbonyl (C=O) groups excluding carboxylic acids is 1. The Labute approximate surface area is 165 Å². The van der Waals surface area contributed by atoms with Gasteiger partial charge in [0.2, 0.25) is 0 Å². The Morgan fingerprint density at radius 1 is 1.32 bits per heavy atom. The van der Waals surface area contributed by atoms with Crippen LogP contribution in [0.3, 0.4) is 0 Å². The monoisotopic (exact) mass is 395 g/mol. The predicted octanol–water partition coefficient (Wildman–Crippen LogP) is 3.71. The molecule has 0 radical (unpaired) electrons. The van der Waals surface area contributed by atoms with E-state index in [0.717, 1.165) is 11.8 Å². The zero-order valence-corrected chi connectivity index (χ0v) is 15.9. The Morgan fingerprint density at radius 3 is 2.68 bits per heavy atom. The molecule has 8 nitrogen and oxygen atoms in total. The van der Waals surface area contributed by atoms with Crippen molar-refractivity contribution >= 4 is 29.0 Å². The third-order valence-electron chi connectivity index (χ3n) is 3.90. The van der Waals surface area contributed by atoms with Crippen LogP contribution in [-0.4, -0.2) is 32.1 Å². The minimum atomic E-state index is -0.504. The molecule has 0 atom stereocenters. The lowest BCUT2D eigenvalue weighted by molar-refractivity contribution is -0.387. The Kier molecular flexibility index (Phi) is 5.85. The summed E-state index contributed by atoms with van der Waals surface area (Å²) >= 11 is 1.12. The fourth-order valence-corrected chi connectivity index (χ4v) is 3.39. The smallest absolute Gasteiger partial charge is 0.284 e. The Bertz CT molecular complexity index is 1020. The number of para-hydroxylation sites is 1. The first kappa shape index (κ1) is 19.3. The molecule has 0 unspecified atom stereocenters. The quantitative estimate of drug-likeness (QED) is 0.344. The summed E-state index contributed by atoms with van der Waals surface area (Å²) in [6.07, 6.45) is 3.12. The highest BCUT2D eigenvalue weighted by Crippen LogP contribution is 2.34. The van der Waals surface area contributed by atoms with E-state index in [1.165, 1.54) is 17.3 Å². The van der Waals surface area contributed by atoms with Gasteiger partial charge in [-0.2, -0.15) is 0 Å². The Balaban J connectivity index is 1.96. The second kappa shape index (κ2) is 8.49. The van der Waals surface area contributed by atoms with Crippen LogP contribution in [0, 0.1) is 10.1 Å². The molecule has 3 rings (SSSR count). The fraction of sp³-hybridized carbons (Fsp3) is 0.105. The van der Waals surface area contributed by atoms with Crippen LogP contribution in [0.25, 0.3) is 0 Å². The van der Waals surface area contributed by atoms with Crippen LogP contribution in [0.15, 0.2) is 77.6 Å². The topological polar surface area (TPSA) is 94.2 Å². The van der Waals surface area contributed by atoms with Crippen molar-refractivity contribution in [2.24, 2.45) is 7.05 Å². The molecule has 9 heteroatoms. The molecular formula is C19H17N5O3S. The number of benzene rings is 2. The van der Waals surface area contributed by atoms with E-state index in [-0.39, 0.29) is 23.7 Å². The van der Waals surface area contributed by atoms with Crippen LogP contribution >= 0.6 is 11.8 Å². The molecule has 0 aliphatic carbocycles. The van der Waals surface area contributed by atoms with E-state index in [1.807, 2.05) is 18.2 Å². The van der Waals surface area contributed by atoms with Gasteiger partial charge in [0.25, 0.3) is 11.6 Å². The molecule has 0 bridgehead atoms. The van der Waals surface area contributed by atoms with Crippen molar-refractivity contribution in [1.29, 1.82) is 0 Å². The summed E-state index contributed by atoms with van der Waals surface area (Å²) < 4.78 is 1.66. The Morgan fingerprint density at radius 2 is 2.07 bits per heavy atom. The third-order valence-corrected chi connectivity index (χ3v) is 5.02. The van der Waals surface area contributed by atoms with Gasteiger partial charge in [-0.15, -0.1) is 16.8 Å². The van der Waals surface area contributed by atoms with Gasteiger partial charge in [0.1, 0.15) is 6.33 Å². The number of amides is 1. The van der Waals surface area contributed by atoms with Crippen LogP contribution in [-0.2, 0) is 7.05 Å². The second-order valence-corrected chi connectivity index (χ2v) is 6.82. The van der Waals surface area contributed by atoms with Gasteiger partial charge in [-0.3, -0.25) is 14.9 Å². The molecule has 0 aliphatic rings. The van der Waals surface area contributed by atoms with Gasteiger partial charge in [-0.05, 0) is 36.0 Å². The van der Waals surface area contributed by atoms with Crippen molar-refractivity contribution in [3.63, 3.8) is 0 Å². The molecule has 0 fully saturated rings. The number of nitro benzene ring substituents is 1. The largest absolute Gasteiger partial charge is 0.311 e. The summed E-state index contributed by atoms with van der Waals surface area (Å²) in [4.78, 5) is 26.0. The zero-order valence-electron chi connectivity index (χ0n) is 15.1. The molecule has 142 valence electrons. The second-order valence-electron chi connectivity index (χ2n) is 5.81. The number of anilines is 1. The normalized spacial score (nSPS) is 10.5. The summed E-state index contributed by atoms with van der Waals surface area (Å²) in [6, 6.07) is 13.5. The van der Waals surface area contributed by atoms with Crippen LogP contribution < -0.4 is 4.90 Å². The summed E-state index contributed by atoms with van der Waals surface area (Å²) in [5, 5.41) is 19.8. The molecule has 1 heterocycles. The van der Waals surface area contributed by atoms with Gasteiger partial charge in [-0.1, -0.05) is 24.3 Å². The number of nitro groups is 1. The van der Waals surface area contributed by atoms with Gasteiger partial charge in [0.05, 0.1) is 9.82 Å². The number of hydrogen-bond acceptors (Lipinski definition) is 6. The van der Waals surface area contributed by atoms with Crippen molar-refractivity contribution in [3.8, 4) is 0 Å². The summed E-state index contributed by atoms with van der Waals surface area (Å²) in [7, 11) is 1.75. The highest BCUT2D eigenvalue weighted by Gasteiger charge is 2.23. The van der Waals surface area contributed by atoms with Crippen molar-refractivity contribution in [2.45, 2.75) is 10.1 Å². The maximum absolute atomic E-state index is 13.0. The summed E-state index contributed by atoms with van der Waals surface area (Å²) in [6.45, 7) is 3.98. The average molecular weight is 395 g/mol. The van der Waals surface area contributed by atoms with Crippen LogP contribution in [0.4, 0.5) is 11.4 Å². The average Bonchev–Trinajstić information content (AvgIpc) is 3.11. The van der Waals surface area contributed by atoms with Crippen molar-refractivity contribution in [2.75, 3.05) is 11.4 Å².